The largest absolute Gasteiger partial charge is 0.497 e. The Morgan fingerprint density at radius 2 is 1.63 bits per heavy atom. The van der Waals surface area contributed by atoms with Gasteiger partial charge in [0, 0.05) is 12.7 Å². The summed E-state index contributed by atoms with van der Waals surface area (Å²) >= 11 is 1.57. The van der Waals surface area contributed by atoms with Crippen molar-refractivity contribution in [3.05, 3.63) is 89.9 Å². The van der Waals surface area contributed by atoms with Crippen LogP contribution in [0.25, 0.3) is 21.7 Å². The lowest BCUT2D eigenvalue weighted by atomic mass is 10.1. The van der Waals surface area contributed by atoms with Gasteiger partial charge in [-0.1, -0.05) is 36.4 Å². The summed E-state index contributed by atoms with van der Waals surface area (Å²) in [4.78, 5) is 5.65. The van der Waals surface area contributed by atoms with Crippen molar-refractivity contribution in [1.82, 2.24) is 9.71 Å². The quantitative estimate of drug-likeness (QED) is 0.444. The Morgan fingerprint density at radius 3 is 2.27 bits per heavy atom. The Labute approximate surface area is 180 Å². The third kappa shape index (κ3) is 4.43. The number of pyridine rings is 1. The molecule has 4 rings (SSSR count). The molecule has 0 fully saturated rings. The Kier molecular flexibility index (Phi) is 5.94. The molecule has 0 aliphatic carbocycles. The molecule has 0 saturated heterocycles. The number of methoxy groups -OCH3 is 1. The number of nitrogens with zero attached hydrogens (tertiary/aromatic N) is 1. The maximum absolute atomic E-state index is 12.8. The topological polar surface area (TPSA) is 68.3 Å². The zero-order valence-electron chi connectivity index (χ0n) is 16.3. The van der Waals surface area contributed by atoms with Crippen LogP contribution in [0.2, 0.25) is 0 Å². The van der Waals surface area contributed by atoms with E-state index < -0.39 is 10.0 Å². The van der Waals surface area contributed by atoms with E-state index in [0.29, 0.717) is 0 Å². The van der Waals surface area contributed by atoms with Crippen molar-refractivity contribution < 1.29 is 13.2 Å². The van der Waals surface area contributed by atoms with Crippen molar-refractivity contribution in [3.8, 4) is 27.4 Å². The molecule has 4 aromatic rings. The molecule has 0 aliphatic heterocycles. The summed E-state index contributed by atoms with van der Waals surface area (Å²) < 4.78 is 33.4. The van der Waals surface area contributed by atoms with Gasteiger partial charge in [-0.2, -0.15) is 0 Å². The van der Waals surface area contributed by atoms with Gasteiger partial charge in [0.15, 0.2) is 0 Å². The van der Waals surface area contributed by atoms with E-state index >= 15 is 0 Å². The predicted molar refractivity (Wildman–Crippen MR) is 120 cm³/mol. The Morgan fingerprint density at radius 1 is 0.933 bits per heavy atom. The van der Waals surface area contributed by atoms with Gasteiger partial charge in [-0.3, -0.25) is 4.98 Å². The van der Waals surface area contributed by atoms with E-state index in [0.717, 1.165) is 33.0 Å². The number of thiophene rings is 1. The molecule has 0 spiro atoms. The lowest BCUT2D eigenvalue weighted by molar-refractivity contribution is 0.415. The number of ether oxygens (including phenoxy) is 1. The minimum absolute atomic E-state index is 0.170. The zero-order valence-corrected chi connectivity index (χ0v) is 17.9. The molecule has 0 amide bonds. The number of benzene rings is 2. The molecular weight excluding hydrogens is 416 g/mol. The molecule has 0 unspecified atom stereocenters. The van der Waals surface area contributed by atoms with Gasteiger partial charge in [0.1, 0.15) is 5.75 Å². The van der Waals surface area contributed by atoms with Gasteiger partial charge in [-0.25, -0.2) is 13.1 Å². The molecule has 2 aromatic heterocycles. The summed E-state index contributed by atoms with van der Waals surface area (Å²) in [5.41, 5.74) is 3.55. The van der Waals surface area contributed by atoms with Crippen LogP contribution in [0.1, 0.15) is 5.56 Å². The number of hydrogen-bond donors (Lipinski definition) is 1. The minimum Gasteiger partial charge on any atom is -0.497 e. The zero-order chi connectivity index (χ0) is 21.0. The third-order valence-corrected chi connectivity index (χ3v) is 6.98. The lowest BCUT2D eigenvalue weighted by Gasteiger charge is -2.10. The molecule has 0 bridgehead atoms. The SMILES string of the molecule is COc1ccc(-c2ccc(S(=O)(=O)NCc3cccnc3-c3cccs3)cc2)cc1. The third-order valence-electron chi connectivity index (χ3n) is 4.69. The smallest absolute Gasteiger partial charge is 0.240 e. The monoisotopic (exact) mass is 436 g/mol. The second kappa shape index (κ2) is 8.79. The number of sulfonamides is 1. The second-order valence-corrected chi connectivity index (χ2v) is 9.28. The van der Waals surface area contributed by atoms with Crippen LogP contribution in [0.5, 0.6) is 5.75 Å². The van der Waals surface area contributed by atoms with Crippen LogP contribution in [0.3, 0.4) is 0 Å². The van der Waals surface area contributed by atoms with Crippen LogP contribution in [-0.2, 0) is 16.6 Å². The molecule has 0 saturated carbocycles. The molecule has 5 nitrogen and oxygen atoms in total. The van der Waals surface area contributed by atoms with Crippen molar-refractivity contribution in [2.45, 2.75) is 11.4 Å². The normalized spacial score (nSPS) is 11.4. The molecule has 0 radical (unpaired) electrons. The van der Waals surface area contributed by atoms with Crippen LogP contribution < -0.4 is 9.46 Å². The Hall–Kier alpha value is -3.00. The first-order chi connectivity index (χ1) is 14.6. The van der Waals surface area contributed by atoms with Crippen molar-refractivity contribution >= 4 is 21.4 Å². The molecule has 2 heterocycles. The highest BCUT2D eigenvalue weighted by molar-refractivity contribution is 7.89. The fourth-order valence-corrected chi connectivity index (χ4v) is 4.85. The highest BCUT2D eigenvalue weighted by Gasteiger charge is 2.16. The van der Waals surface area contributed by atoms with Gasteiger partial charge in [0.25, 0.3) is 0 Å². The van der Waals surface area contributed by atoms with Gasteiger partial charge < -0.3 is 4.74 Å². The molecule has 0 atom stereocenters. The summed E-state index contributed by atoms with van der Waals surface area (Å²) in [6, 6.07) is 22.1. The molecule has 2 aromatic carbocycles. The summed E-state index contributed by atoms with van der Waals surface area (Å²) in [5.74, 6) is 0.777. The molecule has 30 heavy (non-hydrogen) atoms. The molecule has 0 aliphatic rings. The lowest BCUT2D eigenvalue weighted by Crippen LogP contribution is -2.23. The number of aromatic nitrogens is 1. The second-order valence-electron chi connectivity index (χ2n) is 6.57. The van der Waals surface area contributed by atoms with Crippen molar-refractivity contribution in [2.75, 3.05) is 7.11 Å². The van der Waals surface area contributed by atoms with Crippen molar-refractivity contribution in [3.63, 3.8) is 0 Å². The van der Waals surface area contributed by atoms with Crippen LogP contribution >= 0.6 is 11.3 Å². The van der Waals surface area contributed by atoms with Crippen molar-refractivity contribution in [2.24, 2.45) is 0 Å². The standard InChI is InChI=1S/C23H20N2O3S2/c1-28-20-10-6-17(7-11-20)18-8-12-21(13-9-18)30(26,27)25-16-19-4-2-14-24-23(19)22-5-3-15-29-22/h2-15,25H,16H2,1H3. The maximum atomic E-state index is 12.8. The first kappa shape index (κ1) is 20.3. The fraction of sp³-hybridized carbons (Fsp3) is 0.0870. The molecule has 152 valence electrons. The van der Waals surface area contributed by atoms with Crippen LogP contribution in [-0.4, -0.2) is 20.5 Å². The summed E-state index contributed by atoms with van der Waals surface area (Å²) in [5, 5.41) is 1.97. The van der Waals surface area contributed by atoms with Crippen LogP contribution in [0.4, 0.5) is 0 Å². The fourth-order valence-electron chi connectivity index (χ4n) is 3.08. The van der Waals surface area contributed by atoms with Crippen LogP contribution in [0, 0.1) is 0 Å². The molecular formula is C23H20N2O3S2. The van der Waals surface area contributed by atoms with Crippen LogP contribution in [0.15, 0.2) is 89.3 Å². The summed E-state index contributed by atoms with van der Waals surface area (Å²) in [6.07, 6.45) is 1.71. The van der Waals surface area contributed by atoms with E-state index in [2.05, 4.69) is 9.71 Å². The highest BCUT2D eigenvalue weighted by Crippen LogP contribution is 2.27. The Balaban J connectivity index is 1.50. The highest BCUT2D eigenvalue weighted by atomic mass is 32.2. The molecule has 7 heteroatoms. The van der Waals surface area contributed by atoms with E-state index in [9.17, 15) is 8.42 Å². The molecule has 1 N–H and O–H groups in total. The number of hydrogen-bond acceptors (Lipinski definition) is 5. The van der Waals surface area contributed by atoms with E-state index in [4.69, 9.17) is 4.74 Å². The average molecular weight is 437 g/mol. The van der Waals surface area contributed by atoms with Gasteiger partial charge in [-0.05, 0) is 58.5 Å². The first-order valence-electron chi connectivity index (χ1n) is 9.29. The van der Waals surface area contributed by atoms with Gasteiger partial charge in [0.2, 0.25) is 10.0 Å². The van der Waals surface area contributed by atoms with E-state index in [-0.39, 0.29) is 11.4 Å². The van der Waals surface area contributed by atoms with E-state index in [1.165, 1.54) is 0 Å². The average Bonchev–Trinajstić information content (AvgIpc) is 3.33. The van der Waals surface area contributed by atoms with Crippen molar-refractivity contribution in [1.29, 1.82) is 0 Å². The minimum atomic E-state index is -3.65. The maximum Gasteiger partial charge on any atom is 0.240 e. The summed E-state index contributed by atoms with van der Waals surface area (Å²) in [6.45, 7) is 0.170. The number of rotatable bonds is 7. The van der Waals surface area contributed by atoms with Gasteiger partial charge in [-0.15, -0.1) is 11.3 Å². The Bertz CT molecular complexity index is 1220. The van der Waals surface area contributed by atoms with E-state index in [1.807, 2.05) is 53.9 Å². The predicted octanol–water partition coefficient (Wildman–Crippen LogP) is 4.96. The first-order valence-corrected chi connectivity index (χ1v) is 11.6. The number of nitrogens with one attached hydrogen (secondary N) is 1. The van der Waals surface area contributed by atoms with Gasteiger partial charge >= 0.3 is 0 Å². The summed E-state index contributed by atoms with van der Waals surface area (Å²) in [7, 11) is -2.03. The van der Waals surface area contributed by atoms with E-state index in [1.54, 1.807) is 48.9 Å². The van der Waals surface area contributed by atoms with Gasteiger partial charge in [0.05, 0.1) is 22.6 Å².